The lowest BCUT2D eigenvalue weighted by Gasteiger charge is -2.26. The number of rotatable bonds is 14. The van der Waals surface area contributed by atoms with Crippen molar-refractivity contribution in [1.82, 2.24) is 4.57 Å². The van der Waals surface area contributed by atoms with E-state index >= 15 is 0 Å². The van der Waals surface area contributed by atoms with E-state index in [1.807, 2.05) is 0 Å². The van der Waals surface area contributed by atoms with Crippen LogP contribution in [0.4, 0.5) is 13.2 Å². The van der Waals surface area contributed by atoms with E-state index in [4.69, 9.17) is 35.3 Å². The summed E-state index contributed by atoms with van der Waals surface area (Å²) < 4.78 is 72.3. The van der Waals surface area contributed by atoms with E-state index in [1.54, 1.807) is 80.6 Å². The maximum absolute atomic E-state index is 14.6. The molecule has 0 bridgehead atoms. The van der Waals surface area contributed by atoms with E-state index in [0.717, 1.165) is 10.1 Å². The first-order chi connectivity index (χ1) is 28.3. The molecule has 306 valence electrons. The molecule has 0 unspecified atom stereocenters. The van der Waals surface area contributed by atoms with Crippen LogP contribution in [0.15, 0.2) is 112 Å². The SMILES string of the molecule is CCOC(=O)C1=C(C(F)(F)F)N=c2s/c(=C/c3ccc(OCc4ccc(C(=O)OCC)cc4)cc3OCc3ccc(C(=O)OCC)cc3)c(=O)n2[C@@H]1c1ccc(Cl)cc1. The van der Waals surface area contributed by atoms with Crippen LogP contribution in [0, 0.1) is 0 Å². The van der Waals surface area contributed by atoms with Gasteiger partial charge in [-0.3, -0.25) is 9.36 Å². The number of ether oxygens (including phenoxy) is 5. The molecule has 0 amide bonds. The van der Waals surface area contributed by atoms with Crippen LogP contribution >= 0.6 is 22.9 Å². The highest BCUT2D eigenvalue weighted by Crippen LogP contribution is 2.38. The number of aromatic nitrogens is 1. The monoisotopic (exact) mass is 848 g/mol. The Morgan fingerprint density at radius 3 is 1.85 bits per heavy atom. The highest BCUT2D eigenvalue weighted by Gasteiger charge is 2.45. The lowest BCUT2D eigenvalue weighted by atomic mass is 9.95. The highest BCUT2D eigenvalue weighted by molar-refractivity contribution is 7.07. The van der Waals surface area contributed by atoms with Gasteiger partial charge in [0.05, 0.1) is 47.1 Å². The van der Waals surface area contributed by atoms with Gasteiger partial charge in [0.25, 0.3) is 5.56 Å². The summed E-state index contributed by atoms with van der Waals surface area (Å²) in [5, 5.41) is 0.292. The first-order valence-electron chi connectivity index (χ1n) is 18.3. The number of fused-ring (bicyclic) bond motifs is 1. The number of halogens is 4. The minimum atomic E-state index is -5.07. The summed E-state index contributed by atoms with van der Waals surface area (Å²) in [5.41, 5.74) is -0.298. The lowest BCUT2D eigenvalue weighted by molar-refractivity contribution is -0.140. The van der Waals surface area contributed by atoms with Crippen molar-refractivity contribution in [2.24, 2.45) is 4.99 Å². The maximum Gasteiger partial charge on any atom is 0.434 e. The Labute approximate surface area is 344 Å². The van der Waals surface area contributed by atoms with Gasteiger partial charge in [-0.2, -0.15) is 13.2 Å². The van der Waals surface area contributed by atoms with Gasteiger partial charge in [-0.25, -0.2) is 19.4 Å². The molecular formula is C43H36ClF3N2O9S. The van der Waals surface area contributed by atoms with Crippen LogP contribution in [0.1, 0.15) is 69.8 Å². The number of carbonyl (C=O) groups is 3. The van der Waals surface area contributed by atoms with Crippen molar-refractivity contribution in [1.29, 1.82) is 0 Å². The van der Waals surface area contributed by atoms with Gasteiger partial charge >= 0.3 is 24.1 Å². The Kier molecular flexibility index (Phi) is 13.4. The van der Waals surface area contributed by atoms with E-state index in [-0.39, 0.29) is 53.7 Å². The van der Waals surface area contributed by atoms with Crippen LogP contribution in [0.3, 0.4) is 0 Å². The molecule has 1 aromatic heterocycles. The molecule has 0 saturated carbocycles. The van der Waals surface area contributed by atoms with E-state index in [9.17, 15) is 32.3 Å². The van der Waals surface area contributed by atoms with Crippen molar-refractivity contribution in [3.63, 3.8) is 0 Å². The minimum absolute atomic E-state index is 0.00616. The van der Waals surface area contributed by atoms with Gasteiger partial charge in [-0.05, 0) is 92.1 Å². The molecule has 0 spiro atoms. The van der Waals surface area contributed by atoms with Crippen LogP contribution in [0.2, 0.25) is 5.02 Å². The lowest BCUT2D eigenvalue weighted by Crippen LogP contribution is -2.41. The van der Waals surface area contributed by atoms with Gasteiger partial charge in [0.1, 0.15) is 24.7 Å². The van der Waals surface area contributed by atoms with Crippen molar-refractivity contribution < 1.29 is 51.2 Å². The third-order valence-electron chi connectivity index (χ3n) is 8.78. The van der Waals surface area contributed by atoms with Gasteiger partial charge in [-0.15, -0.1) is 0 Å². The van der Waals surface area contributed by atoms with Crippen molar-refractivity contribution in [3.05, 3.63) is 160 Å². The molecule has 1 atom stereocenters. The zero-order valence-electron chi connectivity index (χ0n) is 31.8. The fourth-order valence-corrected chi connectivity index (χ4v) is 7.14. The second kappa shape index (κ2) is 18.6. The normalized spacial score (nSPS) is 13.9. The van der Waals surface area contributed by atoms with E-state index in [2.05, 4.69) is 4.99 Å². The summed E-state index contributed by atoms with van der Waals surface area (Å²) in [6.45, 7) is 5.26. The summed E-state index contributed by atoms with van der Waals surface area (Å²) in [6, 6.07) is 22.4. The summed E-state index contributed by atoms with van der Waals surface area (Å²) in [6.07, 6.45) is -3.61. The Morgan fingerprint density at radius 2 is 1.31 bits per heavy atom. The maximum atomic E-state index is 14.6. The largest absolute Gasteiger partial charge is 0.489 e. The van der Waals surface area contributed by atoms with Crippen molar-refractivity contribution in [3.8, 4) is 11.5 Å². The predicted molar refractivity (Wildman–Crippen MR) is 212 cm³/mol. The average molecular weight is 849 g/mol. The van der Waals surface area contributed by atoms with Gasteiger partial charge in [-0.1, -0.05) is 59.3 Å². The molecule has 0 fully saturated rings. The molecule has 1 aliphatic heterocycles. The molecule has 0 N–H and O–H groups in total. The number of nitrogens with zero attached hydrogens (tertiary/aromatic N) is 2. The number of alkyl halides is 3. The zero-order chi connectivity index (χ0) is 42.3. The molecule has 59 heavy (non-hydrogen) atoms. The van der Waals surface area contributed by atoms with Crippen LogP contribution < -0.4 is 24.4 Å². The van der Waals surface area contributed by atoms with E-state index < -0.39 is 47.0 Å². The number of hydrogen-bond donors (Lipinski definition) is 0. The van der Waals surface area contributed by atoms with Crippen LogP contribution in [-0.2, 0) is 32.2 Å². The first-order valence-corrected chi connectivity index (χ1v) is 19.5. The second-order valence-electron chi connectivity index (χ2n) is 12.7. The Bertz CT molecular complexity index is 2570. The number of thiazole rings is 1. The van der Waals surface area contributed by atoms with E-state index in [0.29, 0.717) is 44.4 Å². The summed E-state index contributed by atoms with van der Waals surface area (Å²) in [5.74, 6) is -1.56. The molecule has 0 aliphatic carbocycles. The molecule has 11 nitrogen and oxygen atoms in total. The Balaban J connectivity index is 1.41. The predicted octanol–water partition coefficient (Wildman–Crippen LogP) is 7.51. The van der Waals surface area contributed by atoms with Crippen molar-refractivity contribution in [2.75, 3.05) is 19.8 Å². The molecule has 2 heterocycles. The van der Waals surface area contributed by atoms with Gasteiger partial charge in [0.15, 0.2) is 10.5 Å². The molecule has 16 heteroatoms. The van der Waals surface area contributed by atoms with Crippen LogP contribution in [0.5, 0.6) is 11.5 Å². The van der Waals surface area contributed by atoms with Gasteiger partial charge < -0.3 is 23.7 Å². The number of carbonyl (C=O) groups excluding carboxylic acids is 3. The fourth-order valence-electron chi connectivity index (χ4n) is 6.02. The summed E-state index contributed by atoms with van der Waals surface area (Å²) in [7, 11) is 0. The molecule has 0 saturated heterocycles. The minimum Gasteiger partial charge on any atom is -0.489 e. The average Bonchev–Trinajstić information content (AvgIpc) is 3.53. The second-order valence-corrected chi connectivity index (χ2v) is 14.2. The highest BCUT2D eigenvalue weighted by atomic mass is 35.5. The first kappa shape index (κ1) is 42.4. The summed E-state index contributed by atoms with van der Waals surface area (Å²) in [4.78, 5) is 55.3. The standard InChI is InChI=1S/C43H36ClF3N2O9S/c1-4-54-39(51)28-11-7-25(8-12-28)23-57-32-20-17-30(33(22-32)58-24-26-9-13-29(14-10-26)40(52)55-5-2)21-34-38(50)49-36(27-15-18-31(44)19-16-27)35(41(53)56-6-3)37(43(45,46)47)48-42(49)59-34/h7-22,36H,4-6,23-24H2,1-3H3/b34-21+/t36-/m1/s1. The topological polar surface area (TPSA) is 132 Å². The Morgan fingerprint density at radius 1 is 0.763 bits per heavy atom. The Hall–Kier alpha value is -6.19. The van der Waals surface area contributed by atoms with E-state index in [1.165, 1.54) is 37.3 Å². The number of allylic oxidation sites excluding steroid dienone is 1. The molecule has 1 aliphatic rings. The number of benzene rings is 4. The fraction of sp³-hybridized carbons (Fsp3) is 0.233. The zero-order valence-corrected chi connectivity index (χ0v) is 33.4. The van der Waals surface area contributed by atoms with Crippen molar-refractivity contribution >= 4 is 46.9 Å². The quantitative estimate of drug-likeness (QED) is 0.0824. The third-order valence-corrected chi connectivity index (χ3v) is 10.0. The van der Waals surface area contributed by atoms with Gasteiger partial charge in [0, 0.05) is 16.7 Å². The van der Waals surface area contributed by atoms with Crippen molar-refractivity contribution in [2.45, 2.75) is 46.2 Å². The molecule has 6 rings (SSSR count). The molecule has 4 aromatic carbocycles. The smallest absolute Gasteiger partial charge is 0.434 e. The third kappa shape index (κ3) is 9.92. The molecule has 0 radical (unpaired) electrons. The number of hydrogen-bond acceptors (Lipinski definition) is 11. The molecule has 5 aromatic rings. The van der Waals surface area contributed by atoms with Crippen LogP contribution in [-0.4, -0.2) is 48.5 Å². The summed E-state index contributed by atoms with van der Waals surface area (Å²) >= 11 is 6.80. The number of esters is 3. The molecular weight excluding hydrogens is 813 g/mol. The van der Waals surface area contributed by atoms with Crippen LogP contribution in [0.25, 0.3) is 6.08 Å². The van der Waals surface area contributed by atoms with Gasteiger partial charge in [0.2, 0.25) is 0 Å².